The van der Waals surface area contributed by atoms with Crippen molar-refractivity contribution in [1.82, 2.24) is 5.32 Å². The number of nitrogens with one attached hydrogen (secondary N) is 1. The molecule has 3 rings (SSSR count). The van der Waals surface area contributed by atoms with E-state index >= 15 is 0 Å². The maximum absolute atomic E-state index is 3.59. The molecule has 1 nitrogen and oxygen atoms in total. The van der Waals surface area contributed by atoms with Crippen molar-refractivity contribution in [2.45, 2.75) is 13.0 Å². The van der Waals surface area contributed by atoms with Crippen molar-refractivity contribution in [1.29, 1.82) is 0 Å². The minimum atomic E-state index is 0.329. The topological polar surface area (TPSA) is 12.0 Å². The second kappa shape index (κ2) is 8.28. The molecule has 1 atom stereocenters. The summed E-state index contributed by atoms with van der Waals surface area (Å²) in [5, 5.41) is 3.59. The van der Waals surface area contributed by atoms with Gasteiger partial charge in [0.05, 0.1) is 0 Å². The third-order valence-corrected chi connectivity index (χ3v) is 4.20. The molecule has 0 aliphatic carbocycles. The molecule has 0 unspecified atom stereocenters. The maximum Gasteiger partial charge on any atom is 0.0294 e. The molecule has 0 aromatic heterocycles. The second-order valence-corrected chi connectivity index (χ2v) is 5.89. The van der Waals surface area contributed by atoms with Crippen LogP contribution in [0.25, 0.3) is 5.57 Å². The van der Waals surface area contributed by atoms with E-state index in [1.165, 1.54) is 22.3 Å². The lowest BCUT2D eigenvalue weighted by atomic mass is 9.97. The summed E-state index contributed by atoms with van der Waals surface area (Å²) in [6.07, 6.45) is 2.28. The Morgan fingerprint density at radius 3 is 1.71 bits per heavy atom. The molecule has 0 spiro atoms. The highest BCUT2D eigenvalue weighted by Crippen LogP contribution is 2.23. The fourth-order valence-electron chi connectivity index (χ4n) is 2.84. The quantitative estimate of drug-likeness (QED) is 0.636. The first-order chi connectivity index (χ1) is 11.8. The molecule has 3 aromatic carbocycles. The number of rotatable bonds is 6. The lowest BCUT2D eigenvalue weighted by Gasteiger charge is -2.14. The monoisotopic (exact) mass is 313 g/mol. The molecule has 24 heavy (non-hydrogen) atoms. The smallest absolute Gasteiger partial charge is 0.0294 e. The first kappa shape index (κ1) is 16.2. The standard InChI is InChI=1S/C23H23N/c1-19(20-11-5-2-6-12-20)24-18-17-23(21-13-7-3-8-14-21)22-15-9-4-10-16-22/h2-17,19,24H,18H2,1H3/t19-/m1/s1. The van der Waals surface area contributed by atoms with E-state index in [0.29, 0.717) is 6.04 Å². The lowest BCUT2D eigenvalue weighted by molar-refractivity contribution is 0.618. The highest BCUT2D eigenvalue weighted by molar-refractivity contribution is 5.79. The van der Waals surface area contributed by atoms with Gasteiger partial charge in [0.25, 0.3) is 0 Å². The minimum Gasteiger partial charge on any atom is -0.307 e. The summed E-state index contributed by atoms with van der Waals surface area (Å²) in [7, 11) is 0. The molecule has 0 bridgehead atoms. The van der Waals surface area contributed by atoms with Crippen LogP contribution < -0.4 is 5.32 Å². The highest BCUT2D eigenvalue weighted by Gasteiger charge is 2.05. The molecule has 120 valence electrons. The molecule has 0 radical (unpaired) electrons. The Hall–Kier alpha value is -2.64. The molecular formula is C23H23N. The number of hydrogen-bond acceptors (Lipinski definition) is 1. The van der Waals surface area contributed by atoms with Gasteiger partial charge in [0, 0.05) is 12.6 Å². The van der Waals surface area contributed by atoms with Crippen LogP contribution in [-0.2, 0) is 0 Å². The summed E-state index contributed by atoms with van der Waals surface area (Å²) in [5.74, 6) is 0. The van der Waals surface area contributed by atoms with Crippen LogP contribution in [0.5, 0.6) is 0 Å². The van der Waals surface area contributed by atoms with Gasteiger partial charge in [-0.1, -0.05) is 97.1 Å². The van der Waals surface area contributed by atoms with Gasteiger partial charge in [0.2, 0.25) is 0 Å². The van der Waals surface area contributed by atoms with Crippen LogP contribution in [0.2, 0.25) is 0 Å². The molecule has 0 aliphatic rings. The fourth-order valence-corrected chi connectivity index (χ4v) is 2.84. The van der Waals surface area contributed by atoms with E-state index < -0.39 is 0 Å². The van der Waals surface area contributed by atoms with Crippen LogP contribution in [0, 0.1) is 0 Å². The van der Waals surface area contributed by atoms with Crippen LogP contribution in [0.4, 0.5) is 0 Å². The average molecular weight is 313 g/mol. The molecule has 1 heteroatoms. The summed E-state index contributed by atoms with van der Waals surface area (Å²) in [4.78, 5) is 0. The highest BCUT2D eigenvalue weighted by atomic mass is 14.9. The van der Waals surface area contributed by atoms with Gasteiger partial charge >= 0.3 is 0 Å². The predicted molar refractivity (Wildman–Crippen MR) is 103 cm³/mol. The van der Waals surface area contributed by atoms with Crippen molar-refractivity contribution < 1.29 is 0 Å². The Kier molecular flexibility index (Phi) is 5.60. The normalized spacial score (nSPS) is 11.7. The first-order valence-electron chi connectivity index (χ1n) is 8.44. The van der Waals surface area contributed by atoms with E-state index in [4.69, 9.17) is 0 Å². The molecule has 1 N–H and O–H groups in total. The molecular weight excluding hydrogens is 290 g/mol. The molecule has 0 fully saturated rings. The van der Waals surface area contributed by atoms with Gasteiger partial charge < -0.3 is 5.32 Å². The average Bonchev–Trinajstić information content (AvgIpc) is 2.67. The predicted octanol–water partition coefficient (Wildman–Crippen LogP) is 5.47. The van der Waals surface area contributed by atoms with E-state index in [-0.39, 0.29) is 0 Å². The Morgan fingerprint density at radius 1 is 0.750 bits per heavy atom. The van der Waals surface area contributed by atoms with Gasteiger partial charge in [0.15, 0.2) is 0 Å². The van der Waals surface area contributed by atoms with E-state index in [2.05, 4.69) is 109 Å². The Morgan fingerprint density at radius 2 is 1.21 bits per heavy atom. The van der Waals surface area contributed by atoms with E-state index in [1.807, 2.05) is 0 Å². The van der Waals surface area contributed by atoms with Crippen LogP contribution in [0.1, 0.15) is 29.7 Å². The zero-order valence-corrected chi connectivity index (χ0v) is 14.0. The number of benzene rings is 3. The van der Waals surface area contributed by atoms with Gasteiger partial charge in [-0.2, -0.15) is 0 Å². The first-order valence-corrected chi connectivity index (χ1v) is 8.44. The van der Waals surface area contributed by atoms with E-state index in [9.17, 15) is 0 Å². The van der Waals surface area contributed by atoms with Crippen LogP contribution in [-0.4, -0.2) is 6.54 Å². The molecule has 0 heterocycles. The van der Waals surface area contributed by atoms with Crippen LogP contribution >= 0.6 is 0 Å². The Bertz CT molecular complexity index is 719. The Balaban J connectivity index is 1.78. The van der Waals surface area contributed by atoms with Crippen molar-refractivity contribution in [3.8, 4) is 0 Å². The molecule has 0 saturated carbocycles. The Labute approximate surface area is 144 Å². The summed E-state index contributed by atoms with van der Waals surface area (Å²) in [5.41, 5.74) is 5.08. The summed E-state index contributed by atoms with van der Waals surface area (Å²) in [6.45, 7) is 3.03. The molecule has 0 amide bonds. The van der Waals surface area contributed by atoms with Gasteiger partial charge in [0.1, 0.15) is 0 Å². The van der Waals surface area contributed by atoms with Gasteiger partial charge in [-0.3, -0.25) is 0 Å². The van der Waals surface area contributed by atoms with Crippen LogP contribution in [0.15, 0.2) is 97.1 Å². The molecule has 0 aliphatic heterocycles. The second-order valence-electron chi connectivity index (χ2n) is 5.89. The molecule has 0 saturated heterocycles. The largest absolute Gasteiger partial charge is 0.307 e. The summed E-state index contributed by atoms with van der Waals surface area (Å²) >= 11 is 0. The van der Waals surface area contributed by atoms with Crippen molar-refractivity contribution in [2.75, 3.05) is 6.54 Å². The number of hydrogen-bond donors (Lipinski definition) is 1. The third kappa shape index (κ3) is 4.21. The van der Waals surface area contributed by atoms with Gasteiger partial charge in [-0.15, -0.1) is 0 Å². The summed E-state index contributed by atoms with van der Waals surface area (Å²) < 4.78 is 0. The van der Waals surface area contributed by atoms with Gasteiger partial charge in [-0.05, 0) is 29.2 Å². The third-order valence-electron chi connectivity index (χ3n) is 4.20. The summed E-state index contributed by atoms with van der Waals surface area (Å²) in [6, 6.07) is 32.0. The van der Waals surface area contributed by atoms with Crippen molar-refractivity contribution >= 4 is 5.57 Å². The van der Waals surface area contributed by atoms with Crippen LogP contribution in [0.3, 0.4) is 0 Å². The SMILES string of the molecule is C[C@@H](NCC=C(c1ccccc1)c1ccccc1)c1ccccc1. The maximum atomic E-state index is 3.59. The van der Waals surface area contributed by atoms with E-state index in [0.717, 1.165) is 6.54 Å². The van der Waals surface area contributed by atoms with Crippen molar-refractivity contribution in [3.05, 3.63) is 114 Å². The lowest BCUT2D eigenvalue weighted by Crippen LogP contribution is -2.18. The van der Waals surface area contributed by atoms with Crippen molar-refractivity contribution in [2.24, 2.45) is 0 Å². The van der Waals surface area contributed by atoms with Gasteiger partial charge in [-0.25, -0.2) is 0 Å². The minimum absolute atomic E-state index is 0.329. The zero-order valence-electron chi connectivity index (χ0n) is 14.0. The van der Waals surface area contributed by atoms with Crippen molar-refractivity contribution in [3.63, 3.8) is 0 Å². The fraction of sp³-hybridized carbons (Fsp3) is 0.130. The molecule has 3 aromatic rings. The van der Waals surface area contributed by atoms with E-state index in [1.54, 1.807) is 0 Å². The zero-order chi connectivity index (χ0) is 16.6.